The average molecular weight is 172 g/mol. The van der Waals surface area contributed by atoms with Crippen LogP contribution in [-0.4, -0.2) is 37.5 Å². The van der Waals surface area contributed by atoms with E-state index in [4.69, 9.17) is 0 Å². The first kappa shape index (κ1) is 11.4. The van der Waals surface area contributed by atoms with Gasteiger partial charge in [0.15, 0.2) is 0 Å². The van der Waals surface area contributed by atoms with E-state index in [2.05, 4.69) is 12.2 Å². The summed E-state index contributed by atoms with van der Waals surface area (Å²) in [5.74, 6) is 0.228. The van der Waals surface area contributed by atoms with Crippen molar-refractivity contribution in [2.24, 2.45) is 0 Å². The Balaban J connectivity index is 3.31. The Morgan fingerprint density at radius 1 is 1.42 bits per heavy atom. The highest BCUT2D eigenvalue weighted by Gasteiger charge is 2.03. The first-order valence-corrected chi connectivity index (χ1v) is 4.67. The van der Waals surface area contributed by atoms with E-state index >= 15 is 0 Å². The zero-order valence-electron chi connectivity index (χ0n) is 8.39. The molecule has 1 amide bonds. The maximum atomic E-state index is 11.1. The molecule has 3 nitrogen and oxygen atoms in total. The van der Waals surface area contributed by atoms with E-state index in [9.17, 15) is 4.79 Å². The van der Waals surface area contributed by atoms with E-state index in [-0.39, 0.29) is 5.91 Å². The van der Waals surface area contributed by atoms with Crippen molar-refractivity contribution in [3.05, 3.63) is 0 Å². The number of amides is 1. The van der Waals surface area contributed by atoms with Crippen LogP contribution in [0.25, 0.3) is 0 Å². The van der Waals surface area contributed by atoms with Crippen molar-refractivity contribution in [2.45, 2.75) is 26.7 Å². The van der Waals surface area contributed by atoms with Crippen molar-refractivity contribution in [1.29, 1.82) is 0 Å². The summed E-state index contributed by atoms with van der Waals surface area (Å²) in [5.41, 5.74) is 0. The molecule has 0 saturated carbocycles. The molecule has 0 aromatic carbocycles. The van der Waals surface area contributed by atoms with E-state index in [0.717, 1.165) is 26.1 Å². The second kappa shape index (κ2) is 7.10. The Hall–Kier alpha value is -0.570. The molecule has 0 aliphatic carbocycles. The third-order valence-electron chi connectivity index (χ3n) is 1.83. The fraction of sp³-hybridized carbons (Fsp3) is 0.889. The van der Waals surface area contributed by atoms with Crippen molar-refractivity contribution < 1.29 is 4.79 Å². The molecule has 0 radical (unpaired) electrons. The summed E-state index contributed by atoms with van der Waals surface area (Å²) >= 11 is 0. The highest BCUT2D eigenvalue weighted by molar-refractivity contribution is 5.75. The summed E-state index contributed by atoms with van der Waals surface area (Å²) < 4.78 is 0. The molecule has 0 spiro atoms. The largest absolute Gasteiger partial charge is 0.346 e. The maximum Gasteiger partial charge on any atom is 0.222 e. The van der Waals surface area contributed by atoms with E-state index in [0.29, 0.717) is 6.42 Å². The smallest absolute Gasteiger partial charge is 0.222 e. The van der Waals surface area contributed by atoms with Gasteiger partial charge in [0.1, 0.15) is 0 Å². The lowest BCUT2D eigenvalue weighted by atomic mass is 10.3. The minimum absolute atomic E-state index is 0.228. The molecule has 1 N–H and O–H groups in total. The highest BCUT2D eigenvalue weighted by atomic mass is 16.2. The molecule has 3 heteroatoms. The quantitative estimate of drug-likeness (QED) is 0.603. The summed E-state index contributed by atoms with van der Waals surface area (Å²) in [4.78, 5) is 12.9. The summed E-state index contributed by atoms with van der Waals surface area (Å²) in [6.07, 6.45) is 1.65. The van der Waals surface area contributed by atoms with Gasteiger partial charge in [0, 0.05) is 20.0 Å². The molecule has 0 unspecified atom stereocenters. The second-order valence-corrected chi connectivity index (χ2v) is 2.88. The van der Waals surface area contributed by atoms with Crippen LogP contribution in [0.4, 0.5) is 0 Å². The predicted molar refractivity (Wildman–Crippen MR) is 51.1 cm³/mol. The minimum atomic E-state index is 0.228. The van der Waals surface area contributed by atoms with Crippen LogP contribution in [0.5, 0.6) is 0 Å². The van der Waals surface area contributed by atoms with E-state index < -0.39 is 0 Å². The molecular weight excluding hydrogens is 152 g/mol. The summed E-state index contributed by atoms with van der Waals surface area (Å²) in [6.45, 7) is 6.84. The van der Waals surface area contributed by atoms with Crippen molar-refractivity contribution in [3.63, 3.8) is 0 Å². The Labute approximate surface area is 75.1 Å². The number of rotatable bonds is 6. The summed E-state index contributed by atoms with van der Waals surface area (Å²) in [5, 5.41) is 3.22. The molecule has 0 saturated heterocycles. The van der Waals surface area contributed by atoms with E-state index in [1.807, 2.05) is 14.0 Å². The zero-order valence-corrected chi connectivity index (χ0v) is 8.39. The molecule has 0 aromatic heterocycles. The molecule has 12 heavy (non-hydrogen) atoms. The third-order valence-corrected chi connectivity index (χ3v) is 1.83. The SMILES string of the molecule is CCNCCCN(C)C(=O)CC. The lowest BCUT2D eigenvalue weighted by molar-refractivity contribution is -0.129. The summed E-state index contributed by atoms with van der Waals surface area (Å²) in [6, 6.07) is 0. The lowest BCUT2D eigenvalue weighted by Gasteiger charge is -2.15. The first-order chi connectivity index (χ1) is 5.72. The lowest BCUT2D eigenvalue weighted by Crippen LogP contribution is -2.29. The molecule has 0 aliphatic heterocycles. The number of carbonyl (C=O) groups excluding carboxylic acids is 1. The Morgan fingerprint density at radius 2 is 2.08 bits per heavy atom. The Morgan fingerprint density at radius 3 is 2.58 bits per heavy atom. The van der Waals surface area contributed by atoms with E-state index in [1.54, 1.807) is 4.90 Å². The van der Waals surface area contributed by atoms with Gasteiger partial charge in [0.05, 0.1) is 0 Å². The molecule has 0 bridgehead atoms. The van der Waals surface area contributed by atoms with Gasteiger partial charge < -0.3 is 10.2 Å². The summed E-state index contributed by atoms with van der Waals surface area (Å²) in [7, 11) is 1.86. The number of nitrogens with one attached hydrogen (secondary N) is 1. The number of nitrogens with zero attached hydrogens (tertiary/aromatic N) is 1. The highest BCUT2D eigenvalue weighted by Crippen LogP contribution is 1.90. The molecule has 0 atom stereocenters. The fourth-order valence-electron chi connectivity index (χ4n) is 1.01. The first-order valence-electron chi connectivity index (χ1n) is 4.67. The van der Waals surface area contributed by atoms with Crippen molar-refractivity contribution >= 4 is 5.91 Å². The molecule has 0 fully saturated rings. The van der Waals surface area contributed by atoms with Gasteiger partial charge in [-0.1, -0.05) is 13.8 Å². The van der Waals surface area contributed by atoms with Crippen molar-refractivity contribution in [2.75, 3.05) is 26.7 Å². The number of hydrogen-bond acceptors (Lipinski definition) is 2. The number of carbonyl (C=O) groups is 1. The zero-order chi connectivity index (χ0) is 9.40. The second-order valence-electron chi connectivity index (χ2n) is 2.88. The van der Waals surface area contributed by atoms with Gasteiger partial charge >= 0.3 is 0 Å². The van der Waals surface area contributed by atoms with Gasteiger partial charge in [-0.2, -0.15) is 0 Å². The molecule has 0 aromatic rings. The van der Waals surface area contributed by atoms with Crippen LogP contribution >= 0.6 is 0 Å². The van der Waals surface area contributed by atoms with E-state index in [1.165, 1.54) is 0 Å². The third kappa shape index (κ3) is 5.13. The van der Waals surface area contributed by atoms with Crippen LogP contribution in [-0.2, 0) is 4.79 Å². The number of hydrogen-bond donors (Lipinski definition) is 1. The standard InChI is InChI=1S/C9H20N2O/c1-4-9(12)11(3)8-6-7-10-5-2/h10H,4-8H2,1-3H3. The van der Waals surface area contributed by atoms with Gasteiger partial charge in [-0.15, -0.1) is 0 Å². The van der Waals surface area contributed by atoms with Gasteiger partial charge in [-0.25, -0.2) is 0 Å². The van der Waals surface area contributed by atoms with Gasteiger partial charge in [-0.3, -0.25) is 4.79 Å². The van der Waals surface area contributed by atoms with Crippen LogP contribution in [0, 0.1) is 0 Å². The molecular formula is C9H20N2O. The normalized spacial score (nSPS) is 9.92. The Kier molecular flexibility index (Phi) is 6.76. The van der Waals surface area contributed by atoms with Crippen LogP contribution in [0.3, 0.4) is 0 Å². The predicted octanol–water partition coefficient (Wildman–Crippen LogP) is 0.854. The molecule has 72 valence electrons. The van der Waals surface area contributed by atoms with Gasteiger partial charge in [0.25, 0.3) is 0 Å². The van der Waals surface area contributed by atoms with Crippen molar-refractivity contribution in [3.8, 4) is 0 Å². The van der Waals surface area contributed by atoms with Crippen LogP contribution < -0.4 is 5.32 Å². The maximum absolute atomic E-state index is 11.1. The van der Waals surface area contributed by atoms with Gasteiger partial charge in [-0.05, 0) is 19.5 Å². The van der Waals surface area contributed by atoms with Crippen LogP contribution in [0.1, 0.15) is 26.7 Å². The monoisotopic (exact) mass is 172 g/mol. The molecule has 0 heterocycles. The van der Waals surface area contributed by atoms with Crippen LogP contribution in [0.2, 0.25) is 0 Å². The van der Waals surface area contributed by atoms with Crippen molar-refractivity contribution in [1.82, 2.24) is 10.2 Å². The van der Waals surface area contributed by atoms with Gasteiger partial charge in [0.2, 0.25) is 5.91 Å². The minimum Gasteiger partial charge on any atom is -0.346 e. The topological polar surface area (TPSA) is 32.3 Å². The molecule has 0 rings (SSSR count). The molecule has 0 aliphatic rings. The average Bonchev–Trinajstić information content (AvgIpc) is 2.10. The fourth-order valence-corrected chi connectivity index (χ4v) is 1.01. The van der Waals surface area contributed by atoms with Crippen LogP contribution in [0.15, 0.2) is 0 Å². The Bertz CT molecular complexity index is 126.